The maximum absolute atomic E-state index is 13.1. The van der Waals surface area contributed by atoms with Crippen LogP contribution in [0.5, 0.6) is 0 Å². The van der Waals surface area contributed by atoms with E-state index in [1.54, 1.807) is 0 Å². The fraction of sp³-hybridized carbons (Fsp3) is 0.429. The Morgan fingerprint density at radius 3 is 2.45 bits per heavy atom. The molecule has 0 aliphatic carbocycles. The number of anilines is 2. The standard InChI is InChI=1S/C21H29N7O3/c1-13-2-4-14(5-3-13)15(6-11-29)27-20(31)21(24)7-9-28(10-8-21)19-16(18(23)30)17(22)25-12-26-19/h2-5,12,15,29H,6-11,24H2,1H3,(H2,23,30)(H,27,31)(H2,22,25,26)/t15-/m0/s1. The maximum atomic E-state index is 13.1. The van der Waals surface area contributed by atoms with E-state index in [4.69, 9.17) is 17.2 Å². The van der Waals surface area contributed by atoms with Crippen molar-refractivity contribution in [1.29, 1.82) is 0 Å². The van der Waals surface area contributed by atoms with E-state index < -0.39 is 11.4 Å². The van der Waals surface area contributed by atoms with Gasteiger partial charge in [0.1, 0.15) is 23.5 Å². The van der Waals surface area contributed by atoms with Gasteiger partial charge in [-0.05, 0) is 31.7 Å². The second-order valence-corrected chi connectivity index (χ2v) is 7.91. The van der Waals surface area contributed by atoms with E-state index in [0.29, 0.717) is 38.2 Å². The van der Waals surface area contributed by atoms with Crippen LogP contribution in [0.25, 0.3) is 0 Å². The molecule has 2 amide bonds. The van der Waals surface area contributed by atoms with Crippen molar-refractivity contribution in [3.05, 3.63) is 47.3 Å². The molecule has 0 unspecified atom stereocenters. The normalized spacial score (nSPS) is 16.5. The van der Waals surface area contributed by atoms with Crippen molar-refractivity contribution in [3.8, 4) is 0 Å². The third-order valence-electron chi connectivity index (χ3n) is 5.71. The summed E-state index contributed by atoms with van der Waals surface area (Å²) < 4.78 is 0. The second-order valence-electron chi connectivity index (χ2n) is 7.91. The van der Waals surface area contributed by atoms with Crippen molar-refractivity contribution in [2.75, 3.05) is 30.3 Å². The van der Waals surface area contributed by atoms with Crippen LogP contribution in [0.4, 0.5) is 11.6 Å². The number of aliphatic hydroxyl groups excluding tert-OH is 1. The minimum absolute atomic E-state index is 0.0183. The predicted octanol–water partition coefficient (Wildman–Crippen LogP) is 0.00372. The van der Waals surface area contributed by atoms with E-state index in [9.17, 15) is 14.7 Å². The number of aromatic nitrogens is 2. The number of aryl methyl sites for hydroxylation is 1. The van der Waals surface area contributed by atoms with Gasteiger partial charge < -0.3 is 32.5 Å². The highest BCUT2D eigenvalue weighted by Crippen LogP contribution is 2.28. The number of nitrogen functional groups attached to an aromatic ring is 1. The largest absolute Gasteiger partial charge is 0.396 e. The molecule has 31 heavy (non-hydrogen) atoms. The molecule has 3 rings (SSSR count). The molecule has 0 bridgehead atoms. The highest BCUT2D eigenvalue weighted by atomic mass is 16.3. The first-order valence-corrected chi connectivity index (χ1v) is 10.2. The number of hydrogen-bond donors (Lipinski definition) is 5. The zero-order valence-electron chi connectivity index (χ0n) is 17.5. The minimum atomic E-state index is -1.08. The molecule has 0 spiro atoms. The Kier molecular flexibility index (Phi) is 6.71. The Hall–Kier alpha value is -3.24. The first kappa shape index (κ1) is 22.4. The van der Waals surface area contributed by atoms with Crippen molar-refractivity contribution in [2.24, 2.45) is 11.5 Å². The van der Waals surface area contributed by atoms with E-state index in [2.05, 4.69) is 15.3 Å². The summed E-state index contributed by atoms with van der Waals surface area (Å²) in [6.07, 6.45) is 2.36. The third-order valence-corrected chi connectivity index (χ3v) is 5.71. The molecule has 2 aromatic rings. The highest BCUT2D eigenvalue weighted by molar-refractivity contribution is 6.02. The molecule has 0 radical (unpaired) electrons. The summed E-state index contributed by atoms with van der Waals surface area (Å²) in [4.78, 5) is 34.7. The fourth-order valence-electron chi connectivity index (χ4n) is 3.76. The van der Waals surface area contributed by atoms with Gasteiger partial charge >= 0.3 is 0 Å². The Morgan fingerprint density at radius 2 is 1.87 bits per heavy atom. The molecular formula is C21H29N7O3. The molecular weight excluding hydrogens is 398 g/mol. The Bertz CT molecular complexity index is 940. The molecule has 10 nitrogen and oxygen atoms in total. The molecule has 2 heterocycles. The lowest BCUT2D eigenvalue weighted by atomic mass is 9.86. The van der Waals surface area contributed by atoms with E-state index in [0.717, 1.165) is 11.1 Å². The predicted molar refractivity (Wildman–Crippen MR) is 117 cm³/mol. The second kappa shape index (κ2) is 9.27. The number of piperidine rings is 1. The lowest BCUT2D eigenvalue weighted by Gasteiger charge is -2.39. The molecule has 1 aromatic heterocycles. The van der Waals surface area contributed by atoms with Gasteiger partial charge in [-0.15, -0.1) is 0 Å². The first-order chi connectivity index (χ1) is 14.7. The van der Waals surface area contributed by atoms with Crippen LogP contribution in [0, 0.1) is 6.92 Å². The van der Waals surface area contributed by atoms with Crippen molar-refractivity contribution in [3.63, 3.8) is 0 Å². The Labute approximate surface area is 180 Å². The van der Waals surface area contributed by atoms with Gasteiger partial charge in [-0.25, -0.2) is 9.97 Å². The van der Waals surface area contributed by atoms with Gasteiger partial charge in [0.25, 0.3) is 5.91 Å². The SMILES string of the molecule is Cc1ccc([C@H](CCO)NC(=O)C2(N)CCN(c3ncnc(N)c3C(N)=O)CC2)cc1. The monoisotopic (exact) mass is 427 g/mol. The molecule has 1 aliphatic rings. The lowest BCUT2D eigenvalue weighted by Crippen LogP contribution is -2.60. The average Bonchev–Trinajstić information content (AvgIpc) is 2.74. The number of hydrogen-bond acceptors (Lipinski definition) is 8. The Balaban J connectivity index is 1.71. The number of aliphatic hydroxyl groups is 1. The van der Waals surface area contributed by atoms with Gasteiger partial charge in [0.05, 0.1) is 11.6 Å². The van der Waals surface area contributed by atoms with Crippen LogP contribution >= 0.6 is 0 Å². The van der Waals surface area contributed by atoms with Crippen LogP contribution in [0.1, 0.15) is 46.8 Å². The van der Waals surface area contributed by atoms with Gasteiger partial charge in [-0.3, -0.25) is 9.59 Å². The Morgan fingerprint density at radius 1 is 1.23 bits per heavy atom. The van der Waals surface area contributed by atoms with Crippen LogP contribution < -0.4 is 27.4 Å². The summed E-state index contributed by atoms with van der Waals surface area (Å²) in [6.45, 7) is 2.72. The minimum Gasteiger partial charge on any atom is -0.396 e. The summed E-state index contributed by atoms with van der Waals surface area (Å²) in [5.41, 5.74) is 18.7. The molecule has 1 aromatic carbocycles. The quantitative estimate of drug-likeness (QED) is 0.410. The number of carbonyl (C=O) groups excluding carboxylic acids is 2. The average molecular weight is 428 g/mol. The molecule has 1 aliphatic heterocycles. The van der Waals surface area contributed by atoms with Crippen LogP contribution in [0.2, 0.25) is 0 Å². The van der Waals surface area contributed by atoms with Gasteiger partial charge in [0.15, 0.2) is 0 Å². The van der Waals surface area contributed by atoms with Crippen LogP contribution in [0.3, 0.4) is 0 Å². The summed E-state index contributed by atoms with van der Waals surface area (Å²) >= 11 is 0. The van der Waals surface area contributed by atoms with Crippen molar-refractivity contribution >= 4 is 23.5 Å². The number of primary amides is 1. The molecule has 10 heteroatoms. The number of nitrogens with zero attached hydrogens (tertiary/aromatic N) is 3. The number of carbonyl (C=O) groups is 2. The zero-order valence-corrected chi connectivity index (χ0v) is 17.5. The molecule has 166 valence electrons. The number of nitrogens with two attached hydrogens (primary N) is 3. The first-order valence-electron chi connectivity index (χ1n) is 10.2. The fourth-order valence-corrected chi connectivity index (χ4v) is 3.76. The van der Waals surface area contributed by atoms with E-state index in [1.165, 1.54) is 6.33 Å². The van der Waals surface area contributed by atoms with Crippen molar-refractivity contribution in [2.45, 2.75) is 37.8 Å². The maximum Gasteiger partial charge on any atom is 0.256 e. The zero-order chi connectivity index (χ0) is 22.6. The van der Waals surface area contributed by atoms with Crippen LogP contribution in [-0.4, -0.2) is 52.1 Å². The third kappa shape index (κ3) is 4.92. The molecule has 1 atom stereocenters. The summed E-state index contributed by atoms with van der Waals surface area (Å²) in [5.74, 6) is -0.617. The molecule has 0 saturated carbocycles. The van der Waals surface area contributed by atoms with Gasteiger partial charge in [-0.2, -0.15) is 0 Å². The van der Waals surface area contributed by atoms with Gasteiger partial charge in [0.2, 0.25) is 5.91 Å². The van der Waals surface area contributed by atoms with Gasteiger partial charge in [0, 0.05) is 19.7 Å². The van der Waals surface area contributed by atoms with Crippen molar-refractivity contribution < 1.29 is 14.7 Å². The number of nitrogens with one attached hydrogen (secondary N) is 1. The number of rotatable bonds is 7. The van der Waals surface area contributed by atoms with Crippen molar-refractivity contribution in [1.82, 2.24) is 15.3 Å². The molecule has 1 saturated heterocycles. The van der Waals surface area contributed by atoms with E-state index >= 15 is 0 Å². The van der Waals surface area contributed by atoms with Crippen LogP contribution in [0.15, 0.2) is 30.6 Å². The lowest BCUT2D eigenvalue weighted by molar-refractivity contribution is -0.128. The van der Waals surface area contributed by atoms with E-state index in [-0.39, 0.29) is 29.9 Å². The smallest absolute Gasteiger partial charge is 0.256 e. The van der Waals surface area contributed by atoms with E-state index in [1.807, 2.05) is 36.1 Å². The highest BCUT2D eigenvalue weighted by Gasteiger charge is 2.39. The summed E-state index contributed by atoms with van der Waals surface area (Å²) in [7, 11) is 0. The number of benzene rings is 1. The summed E-state index contributed by atoms with van der Waals surface area (Å²) in [6, 6.07) is 7.47. The number of amides is 2. The summed E-state index contributed by atoms with van der Waals surface area (Å²) in [5, 5.41) is 12.4. The molecule has 8 N–H and O–H groups in total. The molecule has 1 fully saturated rings. The topological polar surface area (TPSA) is 173 Å². The van der Waals surface area contributed by atoms with Gasteiger partial charge in [-0.1, -0.05) is 29.8 Å². The van der Waals surface area contributed by atoms with Crippen LogP contribution in [-0.2, 0) is 4.79 Å².